The molecule has 1 aliphatic carbocycles. The van der Waals surface area contributed by atoms with Crippen molar-refractivity contribution >= 4 is 11.0 Å². The number of nitrogens with one attached hydrogen (secondary N) is 1. The second kappa shape index (κ2) is 5.65. The summed E-state index contributed by atoms with van der Waals surface area (Å²) in [5.41, 5.74) is 1.74. The molecule has 0 atom stereocenters. The molecule has 2 heterocycles. The van der Waals surface area contributed by atoms with Crippen molar-refractivity contribution < 1.29 is 17.9 Å². The quantitative estimate of drug-likeness (QED) is 0.891. The van der Waals surface area contributed by atoms with Gasteiger partial charge >= 0.3 is 6.36 Å². The minimum atomic E-state index is -4.59. The molecule has 1 saturated carbocycles. The van der Waals surface area contributed by atoms with Gasteiger partial charge in [0.2, 0.25) is 0 Å². The number of hydrogen-bond acceptors (Lipinski definition) is 3. The molecule has 0 saturated heterocycles. The highest BCUT2D eigenvalue weighted by molar-refractivity contribution is 5.80. The van der Waals surface area contributed by atoms with E-state index in [9.17, 15) is 13.2 Å². The highest BCUT2D eigenvalue weighted by atomic mass is 19.4. The number of pyridine rings is 1. The molecule has 7 heteroatoms. The van der Waals surface area contributed by atoms with Crippen LogP contribution in [0, 0.1) is 0 Å². The molecule has 0 bridgehead atoms. The Labute approximate surface area is 119 Å². The van der Waals surface area contributed by atoms with Gasteiger partial charge in [-0.1, -0.05) is 0 Å². The predicted octanol–water partition coefficient (Wildman–Crippen LogP) is 2.82. The van der Waals surface area contributed by atoms with Crippen molar-refractivity contribution in [1.82, 2.24) is 14.9 Å². The van der Waals surface area contributed by atoms with Crippen LogP contribution >= 0.6 is 0 Å². The van der Waals surface area contributed by atoms with Crippen LogP contribution < -0.4 is 5.32 Å². The fourth-order valence-electron chi connectivity index (χ4n) is 2.31. The molecular formula is C14H16F3N3O. The maximum Gasteiger partial charge on any atom is 0.522 e. The third-order valence-corrected chi connectivity index (χ3v) is 3.47. The Hall–Kier alpha value is -1.60. The number of hydrogen-bond donors (Lipinski definition) is 1. The highest BCUT2D eigenvalue weighted by Gasteiger charge is 2.28. The summed E-state index contributed by atoms with van der Waals surface area (Å²) in [6.45, 7) is 0.412. The SMILES string of the molecule is FC(F)(F)OCCn1cc(CNC2CC2)c2cccnc21. The average Bonchev–Trinajstić information content (AvgIpc) is 3.19. The smallest absolute Gasteiger partial charge is 0.330 e. The molecule has 0 spiro atoms. The zero-order valence-electron chi connectivity index (χ0n) is 11.4. The first-order valence-electron chi connectivity index (χ1n) is 6.90. The van der Waals surface area contributed by atoms with Crippen molar-refractivity contribution in [1.29, 1.82) is 0 Å². The van der Waals surface area contributed by atoms with E-state index >= 15 is 0 Å². The van der Waals surface area contributed by atoms with E-state index in [0.29, 0.717) is 18.2 Å². The van der Waals surface area contributed by atoms with Gasteiger partial charge in [0, 0.05) is 36.9 Å². The van der Waals surface area contributed by atoms with E-state index in [1.165, 1.54) is 12.8 Å². The average molecular weight is 299 g/mol. The zero-order chi connectivity index (χ0) is 14.9. The van der Waals surface area contributed by atoms with Gasteiger partial charge in [-0.15, -0.1) is 13.2 Å². The van der Waals surface area contributed by atoms with Crippen LogP contribution in [0.1, 0.15) is 18.4 Å². The monoisotopic (exact) mass is 299 g/mol. The molecule has 1 fully saturated rings. The summed E-state index contributed by atoms with van der Waals surface area (Å²) < 4.78 is 41.7. The van der Waals surface area contributed by atoms with Gasteiger partial charge in [0.25, 0.3) is 0 Å². The molecule has 0 unspecified atom stereocenters. The topological polar surface area (TPSA) is 39.1 Å². The van der Waals surface area contributed by atoms with E-state index < -0.39 is 13.0 Å². The second-order valence-electron chi connectivity index (χ2n) is 5.17. The van der Waals surface area contributed by atoms with E-state index in [0.717, 1.165) is 10.9 Å². The van der Waals surface area contributed by atoms with Crippen LogP contribution in [0.2, 0.25) is 0 Å². The molecule has 0 radical (unpaired) electrons. The van der Waals surface area contributed by atoms with Gasteiger partial charge in [0.05, 0.1) is 6.61 Å². The van der Waals surface area contributed by atoms with Gasteiger partial charge in [-0.05, 0) is 30.5 Å². The minimum absolute atomic E-state index is 0.121. The molecule has 3 rings (SSSR count). The summed E-state index contributed by atoms with van der Waals surface area (Å²) in [4.78, 5) is 4.26. The summed E-state index contributed by atoms with van der Waals surface area (Å²) in [5, 5.41) is 4.38. The molecule has 0 aromatic carbocycles. The molecule has 2 aromatic heterocycles. The first kappa shape index (κ1) is 14.3. The van der Waals surface area contributed by atoms with E-state index in [-0.39, 0.29) is 6.54 Å². The summed E-state index contributed by atoms with van der Waals surface area (Å²) in [6, 6.07) is 4.35. The van der Waals surface area contributed by atoms with Gasteiger partial charge in [0.1, 0.15) is 5.65 Å². The number of halogens is 3. The van der Waals surface area contributed by atoms with E-state index in [1.54, 1.807) is 10.8 Å². The maximum absolute atomic E-state index is 12.0. The van der Waals surface area contributed by atoms with Crippen molar-refractivity contribution in [3.05, 3.63) is 30.1 Å². The van der Waals surface area contributed by atoms with Crippen LogP contribution in [-0.2, 0) is 17.8 Å². The largest absolute Gasteiger partial charge is 0.522 e. The predicted molar refractivity (Wildman–Crippen MR) is 71.6 cm³/mol. The standard InChI is InChI=1S/C14H16F3N3O/c15-14(16,17)21-7-6-20-9-10(8-19-11-3-4-11)12-2-1-5-18-13(12)20/h1-2,5,9,11,19H,3-4,6-8H2. The third kappa shape index (κ3) is 3.74. The lowest BCUT2D eigenvalue weighted by Gasteiger charge is -2.08. The molecule has 2 aromatic rings. The Morgan fingerprint density at radius 3 is 2.90 bits per heavy atom. The van der Waals surface area contributed by atoms with E-state index in [1.807, 2.05) is 18.3 Å². The van der Waals surface area contributed by atoms with E-state index in [4.69, 9.17) is 0 Å². The first-order chi connectivity index (χ1) is 10.0. The molecule has 0 aliphatic heterocycles. The Kier molecular flexibility index (Phi) is 3.86. The van der Waals surface area contributed by atoms with E-state index in [2.05, 4.69) is 15.0 Å². The lowest BCUT2D eigenvalue weighted by atomic mass is 10.2. The number of rotatable bonds is 6. The van der Waals surface area contributed by atoms with Crippen molar-refractivity contribution in [2.75, 3.05) is 6.61 Å². The fraction of sp³-hybridized carbons (Fsp3) is 0.500. The molecule has 4 nitrogen and oxygen atoms in total. The van der Waals surface area contributed by atoms with Crippen LogP contribution in [0.4, 0.5) is 13.2 Å². The summed E-state index contributed by atoms with van der Waals surface area (Å²) in [7, 11) is 0. The normalized spacial score (nSPS) is 15.8. The van der Waals surface area contributed by atoms with Crippen LogP contribution in [0.15, 0.2) is 24.5 Å². The van der Waals surface area contributed by atoms with Gasteiger partial charge in [-0.25, -0.2) is 4.98 Å². The van der Waals surface area contributed by atoms with Crippen LogP contribution in [0.5, 0.6) is 0 Å². The van der Waals surface area contributed by atoms with Gasteiger partial charge in [0.15, 0.2) is 0 Å². The number of nitrogens with zero attached hydrogens (tertiary/aromatic N) is 2. The molecular weight excluding hydrogens is 283 g/mol. The summed E-state index contributed by atoms with van der Waals surface area (Å²) in [5.74, 6) is 0. The Morgan fingerprint density at radius 2 is 2.19 bits per heavy atom. The first-order valence-corrected chi connectivity index (χ1v) is 6.90. The lowest BCUT2D eigenvalue weighted by Crippen LogP contribution is -2.17. The molecule has 114 valence electrons. The molecule has 1 aliphatic rings. The molecule has 21 heavy (non-hydrogen) atoms. The fourth-order valence-corrected chi connectivity index (χ4v) is 2.31. The maximum atomic E-state index is 12.0. The van der Waals surface area contributed by atoms with Crippen LogP contribution in [-0.4, -0.2) is 28.6 Å². The number of ether oxygens (including phenoxy) is 1. The lowest BCUT2D eigenvalue weighted by molar-refractivity contribution is -0.325. The molecule has 1 N–H and O–H groups in total. The second-order valence-corrected chi connectivity index (χ2v) is 5.17. The van der Waals surface area contributed by atoms with Crippen molar-refractivity contribution in [2.45, 2.75) is 38.3 Å². The Bertz CT molecular complexity index is 619. The van der Waals surface area contributed by atoms with Crippen molar-refractivity contribution in [3.8, 4) is 0 Å². The number of fused-ring (bicyclic) bond motifs is 1. The zero-order valence-corrected chi connectivity index (χ0v) is 11.4. The van der Waals surface area contributed by atoms with Gasteiger partial charge in [-0.2, -0.15) is 0 Å². The Morgan fingerprint density at radius 1 is 1.38 bits per heavy atom. The molecule has 0 amide bonds. The minimum Gasteiger partial charge on any atom is -0.330 e. The van der Waals surface area contributed by atoms with Crippen LogP contribution in [0.3, 0.4) is 0 Å². The van der Waals surface area contributed by atoms with Gasteiger partial charge in [-0.3, -0.25) is 4.74 Å². The third-order valence-electron chi connectivity index (χ3n) is 3.47. The van der Waals surface area contributed by atoms with Crippen molar-refractivity contribution in [2.24, 2.45) is 0 Å². The number of alkyl halides is 3. The Balaban J connectivity index is 1.74. The summed E-state index contributed by atoms with van der Waals surface area (Å²) in [6.07, 6.45) is 1.29. The van der Waals surface area contributed by atoms with Crippen LogP contribution in [0.25, 0.3) is 11.0 Å². The number of aromatic nitrogens is 2. The summed E-state index contributed by atoms with van der Waals surface area (Å²) >= 11 is 0. The highest BCUT2D eigenvalue weighted by Crippen LogP contribution is 2.23. The van der Waals surface area contributed by atoms with Crippen molar-refractivity contribution in [3.63, 3.8) is 0 Å². The van der Waals surface area contributed by atoms with Gasteiger partial charge < -0.3 is 9.88 Å².